The van der Waals surface area contributed by atoms with Gasteiger partial charge in [0.25, 0.3) is 11.3 Å². The highest BCUT2D eigenvalue weighted by Crippen LogP contribution is 2.35. The summed E-state index contributed by atoms with van der Waals surface area (Å²) in [5.41, 5.74) is 0.633. The maximum Gasteiger partial charge on any atom is 0.339 e. The number of halogens is 1. The van der Waals surface area contributed by atoms with Gasteiger partial charge in [0, 0.05) is 11.6 Å². The van der Waals surface area contributed by atoms with Gasteiger partial charge >= 0.3 is 5.97 Å². The number of carboxylic acid groups (broad SMARTS) is 1. The Morgan fingerprint density at radius 2 is 1.76 bits per heavy atom. The van der Waals surface area contributed by atoms with Crippen molar-refractivity contribution >= 4 is 28.6 Å². The number of anilines is 2. The van der Waals surface area contributed by atoms with E-state index in [1.807, 2.05) is 0 Å². The van der Waals surface area contributed by atoms with Gasteiger partial charge in [-0.3, -0.25) is 4.55 Å². The van der Waals surface area contributed by atoms with Crippen LogP contribution in [0.4, 0.5) is 15.8 Å². The Morgan fingerprint density at radius 3 is 2.38 bits per heavy atom. The lowest BCUT2D eigenvalue weighted by atomic mass is 10.0. The number of hydrogen-bond acceptors (Lipinski definition) is 4. The number of hydrogen-bond donors (Lipinski definition) is 3. The van der Waals surface area contributed by atoms with E-state index in [0.29, 0.717) is 5.56 Å². The zero-order valence-electron chi connectivity index (χ0n) is 15.1. The van der Waals surface area contributed by atoms with Crippen LogP contribution in [0.1, 0.15) is 10.4 Å². The highest BCUT2D eigenvalue weighted by atomic mass is 32.2. The molecule has 0 aromatic heterocycles. The molecule has 0 spiro atoms. The minimum Gasteiger partial charge on any atom is -0.507 e. The monoisotopic (exact) mass is 417 g/mol. The predicted molar refractivity (Wildman–Crippen MR) is 106 cm³/mol. The molecule has 0 bridgehead atoms. The molecule has 7 nitrogen and oxygen atoms in total. The topological polar surface area (TPSA) is 107 Å². The molecule has 0 saturated carbocycles. The first-order chi connectivity index (χ1) is 13.8. The summed E-state index contributed by atoms with van der Waals surface area (Å²) in [7, 11) is 1.35. The fourth-order valence-electron chi connectivity index (χ4n) is 2.85. The quantitative estimate of drug-likeness (QED) is 0.520. The third-order valence-electron chi connectivity index (χ3n) is 4.18. The summed E-state index contributed by atoms with van der Waals surface area (Å²) in [6.45, 7) is 0. The molecule has 0 aliphatic heterocycles. The molecule has 1 unspecified atom stereocenters. The van der Waals surface area contributed by atoms with Crippen LogP contribution in [0.3, 0.4) is 0 Å². The number of carboxylic acids is 1. The Kier molecular flexibility index (Phi) is 5.81. The van der Waals surface area contributed by atoms with Crippen LogP contribution in [0.25, 0.3) is 11.1 Å². The summed E-state index contributed by atoms with van der Waals surface area (Å²) in [5, 5.41) is 18.9. The van der Waals surface area contributed by atoms with Crippen molar-refractivity contribution in [3.8, 4) is 22.6 Å². The highest BCUT2D eigenvalue weighted by Gasteiger charge is 2.20. The minimum absolute atomic E-state index is 0.0599. The average molecular weight is 417 g/mol. The lowest BCUT2D eigenvalue weighted by molar-refractivity contribution is 0.0693. The van der Waals surface area contributed by atoms with E-state index >= 15 is 0 Å². The van der Waals surface area contributed by atoms with Gasteiger partial charge < -0.3 is 14.9 Å². The van der Waals surface area contributed by atoms with E-state index in [0.717, 1.165) is 16.4 Å². The van der Waals surface area contributed by atoms with Crippen molar-refractivity contribution in [3.05, 3.63) is 72.0 Å². The third kappa shape index (κ3) is 4.05. The maximum atomic E-state index is 14.6. The Hall–Kier alpha value is -3.43. The Bertz CT molecular complexity index is 1100. The van der Waals surface area contributed by atoms with Crippen LogP contribution in [0.2, 0.25) is 0 Å². The predicted octanol–water partition coefficient (Wildman–Crippen LogP) is 4.18. The number of rotatable bonds is 6. The summed E-state index contributed by atoms with van der Waals surface area (Å²) in [4.78, 5) is 11.1. The molecule has 3 N–H and O–H groups in total. The number of benzene rings is 3. The van der Waals surface area contributed by atoms with Crippen molar-refractivity contribution in [2.24, 2.45) is 0 Å². The molecule has 0 saturated heterocycles. The van der Waals surface area contributed by atoms with Gasteiger partial charge in [-0.15, -0.1) is 0 Å². The normalized spacial score (nSPS) is 11.7. The van der Waals surface area contributed by atoms with E-state index in [-0.39, 0.29) is 28.3 Å². The lowest BCUT2D eigenvalue weighted by Crippen LogP contribution is -2.19. The van der Waals surface area contributed by atoms with Gasteiger partial charge in [0.2, 0.25) is 0 Å². The molecule has 29 heavy (non-hydrogen) atoms. The van der Waals surface area contributed by atoms with Crippen molar-refractivity contribution < 1.29 is 32.9 Å². The lowest BCUT2D eigenvalue weighted by Gasteiger charge is -2.21. The second kappa shape index (κ2) is 8.29. The van der Waals surface area contributed by atoms with Crippen molar-refractivity contribution in [3.63, 3.8) is 0 Å². The van der Waals surface area contributed by atoms with Gasteiger partial charge in [-0.25, -0.2) is 17.7 Å². The number of ether oxygens (including phenoxy) is 1. The van der Waals surface area contributed by atoms with E-state index in [1.165, 1.54) is 31.4 Å². The summed E-state index contributed by atoms with van der Waals surface area (Å²) in [6.07, 6.45) is 0. The molecule has 0 fully saturated rings. The zero-order chi connectivity index (χ0) is 21.1. The van der Waals surface area contributed by atoms with Crippen LogP contribution in [-0.4, -0.2) is 32.1 Å². The molecule has 1 atom stereocenters. The average Bonchev–Trinajstić information content (AvgIpc) is 2.68. The van der Waals surface area contributed by atoms with Crippen LogP contribution < -0.4 is 9.04 Å². The molecule has 0 radical (unpaired) electrons. The summed E-state index contributed by atoms with van der Waals surface area (Å²) >= 11 is -2.55. The van der Waals surface area contributed by atoms with E-state index in [2.05, 4.69) is 0 Å². The molecule has 0 amide bonds. The Balaban J connectivity index is 2.09. The number of carbonyl (C=O) groups is 1. The van der Waals surface area contributed by atoms with E-state index in [4.69, 9.17) is 9.84 Å². The number of aromatic hydroxyl groups is 1. The molecular formula is C20H16FNO6S. The molecule has 0 heterocycles. The first-order valence-corrected chi connectivity index (χ1v) is 9.30. The highest BCUT2D eigenvalue weighted by molar-refractivity contribution is 7.81. The van der Waals surface area contributed by atoms with Gasteiger partial charge in [-0.2, -0.15) is 0 Å². The molecule has 3 rings (SSSR count). The summed E-state index contributed by atoms with van der Waals surface area (Å²) < 4.78 is 42.3. The molecular weight excluding hydrogens is 401 g/mol. The molecule has 0 aliphatic carbocycles. The van der Waals surface area contributed by atoms with Crippen molar-refractivity contribution in [2.45, 2.75) is 0 Å². The van der Waals surface area contributed by atoms with Crippen LogP contribution in [0, 0.1) is 5.82 Å². The smallest absolute Gasteiger partial charge is 0.339 e. The van der Waals surface area contributed by atoms with Crippen molar-refractivity contribution in [1.29, 1.82) is 0 Å². The first-order valence-electron chi connectivity index (χ1n) is 8.24. The van der Waals surface area contributed by atoms with Crippen molar-refractivity contribution in [2.75, 3.05) is 11.4 Å². The van der Waals surface area contributed by atoms with Gasteiger partial charge in [0.1, 0.15) is 11.3 Å². The fourth-order valence-corrected chi connectivity index (χ4v) is 3.44. The van der Waals surface area contributed by atoms with E-state index < -0.39 is 28.8 Å². The molecule has 3 aromatic rings. The molecule has 150 valence electrons. The molecule has 3 aromatic carbocycles. The number of aromatic carboxylic acids is 1. The molecule has 0 aliphatic rings. The van der Waals surface area contributed by atoms with Crippen LogP contribution in [0.15, 0.2) is 60.7 Å². The molecule has 9 heteroatoms. The summed E-state index contributed by atoms with van der Waals surface area (Å²) in [5.74, 6) is -2.40. The fraction of sp³-hybridized carbons (Fsp3) is 0.0500. The SMILES string of the molecule is COc1cccc(-c2cccc(N(c3ccc(C(=O)O)c(O)c3)S(=O)O)c2)c1F. The van der Waals surface area contributed by atoms with Crippen LogP contribution in [-0.2, 0) is 11.3 Å². The maximum absolute atomic E-state index is 14.6. The van der Waals surface area contributed by atoms with Gasteiger partial charge in [-0.05, 0) is 35.9 Å². The summed E-state index contributed by atoms with van der Waals surface area (Å²) in [6, 6.07) is 14.3. The van der Waals surface area contributed by atoms with Gasteiger partial charge in [0.15, 0.2) is 11.6 Å². The van der Waals surface area contributed by atoms with E-state index in [1.54, 1.807) is 24.3 Å². The van der Waals surface area contributed by atoms with Gasteiger partial charge in [-0.1, -0.05) is 24.3 Å². The standard InChI is InChI=1S/C20H16FNO6S/c1-28-18-7-3-6-15(19(18)21)12-4-2-5-13(10-12)22(29(26)27)14-8-9-16(20(24)25)17(23)11-14/h2-11,23H,1H3,(H,24,25)(H,26,27). The number of methoxy groups -OCH3 is 1. The minimum atomic E-state index is -2.55. The van der Waals surface area contributed by atoms with Gasteiger partial charge in [0.05, 0.1) is 18.5 Å². The zero-order valence-corrected chi connectivity index (χ0v) is 15.9. The largest absolute Gasteiger partial charge is 0.507 e. The second-order valence-electron chi connectivity index (χ2n) is 5.90. The number of nitrogens with zero attached hydrogens (tertiary/aromatic N) is 1. The van der Waals surface area contributed by atoms with Crippen molar-refractivity contribution in [1.82, 2.24) is 0 Å². The van der Waals surface area contributed by atoms with Crippen LogP contribution >= 0.6 is 0 Å². The Labute approximate surface area is 168 Å². The Morgan fingerprint density at radius 1 is 1.07 bits per heavy atom. The second-order valence-corrected chi connectivity index (χ2v) is 6.73. The van der Waals surface area contributed by atoms with E-state index in [9.17, 15) is 23.1 Å². The first kappa shape index (κ1) is 20.3. The van der Waals surface area contributed by atoms with Crippen LogP contribution in [0.5, 0.6) is 11.5 Å². The third-order valence-corrected chi connectivity index (χ3v) is 4.91. The number of phenols is 1.